The summed E-state index contributed by atoms with van der Waals surface area (Å²) in [6.07, 6.45) is 0. The molecule has 0 spiro atoms. The zero-order valence-electron chi connectivity index (χ0n) is 23.9. The molecule has 0 radical (unpaired) electrons. The van der Waals surface area contributed by atoms with Gasteiger partial charge in [-0.3, -0.25) is 4.79 Å². The van der Waals surface area contributed by atoms with Crippen molar-refractivity contribution in [2.75, 3.05) is 38.1 Å². The van der Waals surface area contributed by atoms with E-state index >= 15 is 0 Å². The average molecular weight is 569 g/mol. The third-order valence-corrected chi connectivity index (χ3v) is 7.41. The molecule has 216 valence electrons. The molecule has 1 fully saturated rings. The summed E-state index contributed by atoms with van der Waals surface area (Å²) in [7, 11) is 0. The number of hydrogen-bond donors (Lipinski definition) is 1. The van der Waals surface area contributed by atoms with Crippen molar-refractivity contribution in [2.45, 2.75) is 20.8 Å². The number of ether oxygens (including phenoxy) is 1. The number of urea groups is 1. The number of rotatable bonds is 6. The first-order valence-electron chi connectivity index (χ1n) is 13.9. The molecule has 2 heterocycles. The molecule has 0 saturated carbocycles. The molecule has 0 atom stereocenters. The number of carbonyl (C=O) groups excluding carboxylic acids is 3. The number of aryl methyl sites for hydroxylation is 1. The average Bonchev–Trinajstić information content (AvgIpc) is 3.34. The lowest BCUT2D eigenvalue weighted by atomic mass is 10.1. The maximum Gasteiger partial charge on any atom is 0.338 e. The van der Waals surface area contributed by atoms with Crippen molar-refractivity contribution < 1.29 is 23.5 Å². The molecule has 1 aliphatic rings. The minimum absolute atomic E-state index is 0.115. The standard InChI is InChI=1S/C33H33FN4O4/c1-4-42-32(40)25-9-13-27(14-10-25)35-33(41)37-19-17-36(18-20-37)31(39)29-21-30(24-7-11-26(34)12-8-24)38(23(29)3)28-15-5-22(2)6-16-28/h5-16,21H,4,17-20H2,1-3H3,(H,35,41). The van der Waals surface area contributed by atoms with Crippen molar-refractivity contribution in [3.63, 3.8) is 0 Å². The van der Waals surface area contributed by atoms with Crippen LogP contribution in [0.3, 0.4) is 0 Å². The predicted octanol–water partition coefficient (Wildman–Crippen LogP) is 6.07. The zero-order chi connectivity index (χ0) is 29.8. The van der Waals surface area contributed by atoms with E-state index in [1.165, 1.54) is 12.1 Å². The van der Waals surface area contributed by atoms with E-state index in [2.05, 4.69) is 5.32 Å². The van der Waals surface area contributed by atoms with Crippen LogP contribution in [0.1, 0.15) is 38.9 Å². The summed E-state index contributed by atoms with van der Waals surface area (Å²) in [5.74, 6) is -0.849. The van der Waals surface area contributed by atoms with Crippen LogP contribution in [0, 0.1) is 19.7 Å². The summed E-state index contributed by atoms with van der Waals surface area (Å²) in [6, 6.07) is 22.4. The SMILES string of the molecule is CCOC(=O)c1ccc(NC(=O)N2CCN(C(=O)c3cc(-c4ccc(F)cc4)n(-c4ccc(C)cc4)c3C)CC2)cc1. The molecule has 0 aliphatic carbocycles. The lowest BCUT2D eigenvalue weighted by Crippen LogP contribution is -2.51. The van der Waals surface area contributed by atoms with Gasteiger partial charge in [0.2, 0.25) is 0 Å². The normalized spacial score (nSPS) is 13.1. The van der Waals surface area contributed by atoms with Crippen LogP contribution in [-0.4, -0.2) is 65.1 Å². The van der Waals surface area contributed by atoms with Gasteiger partial charge in [0.05, 0.1) is 23.4 Å². The molecule has 5 rings (SSSR count). The molecule has 4 aromatic rings. The molecule has 42 heavy (non-hydrogen) atoms. The van der Waals surface area contributed by atoms with Crippen LogP contribution in [-0.2, 0) is 4.74 Å². The van der Waals surface area contributed by atoms with E-state index in [0.717, 1.165) is 28.2 Å². The van der Waals surface area contributed by atoms with E-state index in [1.54, 1.807) is 53.1 Å². The van der Waals surface area contributed by atoms with Gasteiger partial charge in [-0.15, -0.1) is 0 Å². The van der Waals surface area contributed by atoms with Crippen LogP contribution in [0.5, 0.6) is 0 Å². The van der Waals surface area contributed by atoms with Crippen molar-refractivity contribution in [1.29, 1.82) is 0 Å². The number of piperazine rings is 1. The number of esters is 1. The van der Waals surface area contributed by atoms with Gasteiger partial charge >= 0.3 is 12.0 Å². The van der Waals surface area contributed by atoms with Crippen LogP contribution in [0.25, 0.3) is 16.9 Å². The van der Waals surface area contributed by atoms with E-state index in [-0.39, 0.29) is 17.8 Å². The maximum atomic E-state index is 13.8. The summed E-state index contributed by atoms with van der Waals surface area (Å²) in [5.41, 5.74) is 5.96. The zero-order valence-corrected chi connectivity index (χ0v) is 23.9. The van der Waals surface area contributed by atoms with Gasteiger partial charge < -0.3 is 24.4 Å². The Morgan fingerprint density at radius 1 is 0.833 bits per heavy atom. The van der Waals surface area contributed by atoms with Crippen molar-refractivity contribution >= 4 is 23.6 Å². The second-order valence-electron chi connectivity index (χ2n) is 10.2. The second kappa shape index (κ2) is 12.3. The molecular weight excluding hydrogens is 535 g/mol. The number of aromatic nitrogens is 1. The molecule has 8 nitrogen and oxygen atoms in total. The Kier molecular flexibility index (Phi) is 8.38. The van der Waals surface area contributed by atoms with Gasteiger partial charge in [0.25, 0.3) is 5.91 Å². The third kappa shape index (κ3) is 6.05. The number of benzene rings is 3. The molecule has 0 unspecified atom stereocenters. The molecular formula is C33H33FN4O4. The lowest BCUT2D eigenvalue weighted by molar-refractivity contribution is 0.0526. The van der Waals surface area contributed by atoms with Crippen LogP contribution < -0.4 is 5.32 Å². The van der Waals surface area contributed by atoms with Gasteiger partial charge in [0, 0.05) is 43.2 Å². The smallest absolute Gasteiger partial charge is 0.338 e. The van der Waals surface area contributed by atoms with Gasteiger partial charge in [-0.05, 0) is 93.1 Å². The fourth-order valence-corrected chi connectivity index (χ4v) is 5.07. The van der Waals surface area contributed by atoms with E-state index in [1.807, 2.05) is 48.7 Å². The van der Waals surface area contributed by atoms with Crippen molar-refractivity contribution in [1.82, 2.24) is 14.4 Å². The molecule has 1 aromatic heterocycles. The Labute approximate surface area is 244 Å². The summed E-state index contributed by atoms with van der Waals surface area (Å²) >= 11 is 0. The number of halogens is 1. The molecule has 1 N–H and O–H groups in total. The number of nitrogens with one attached hydrogen (secondary N) is 1. The van der Waals surface area contributed by atoms with Crippen molar-refractivity contribution in [3.05, 3.63) is 107 Å². The largest absolute Gasteiger partial charge is 0.462 e. The van der Waals surface area contributed by atoms with Crippen LogP contribution in [0.2, 0.25) is 0 Å². The number of amides is 3. The van der Waals surface area contributed by atoms with E-state index in [4.69, 9.17) is 4.74 Å². The first-order valence-corrected chi connectivity index (χ1v) is 13.9. The minimum atomic E-state index is -0.412. The highest BCUT2D eigenvalue weighted by Crippen LogP contribution is 2.31. The fourth-order valence-electron chi connectivity index (χ4n) is 5.07. The fraction of sp³-hybridized carbons (Fsp3) is 0.242. The van der Waals surface area contributed by atoms with E-state index in [0.29, 0.717) is 49.6 Å². The second-order valence-corrected chi connectivity index (χ2v) is 10.2. The summed E-state index contributed by atoms with van der Waals surface area (Å²) in [6.45, 7) is 7.49. The Bertz CT molecular complexity index is 1590. The Hall–Kier alpha value is -4.92. The quantitative estimate of drug-likeness (QED) is 0.286. The Morgan fingerprint density at radius 3 is 2.07 bits per heavy atom. The summed E-state index contributed by atoms with van der Waals surface area (Å²) in [4.78, 5) is 41.9. The van der Waals surface area contributed by atoms with Crippen LogP contribution in [0.15, 0.2) is 78.9 Å². The first-order chi connectivity index (χ1) is 20.2. The third-order valence-electron chi connectivity index (χ3n) is 7.41. The highest BCUT2D eigenvalue weighted by atomic mass is 19.1. The van der Waals surface area contributed by atoms with Gasteiger partial charge in [-0.1, -0.05) is 17.7 Å². The number of carbonyl (C=O) groups is 3. The summed E-state index contributed by atoms with van der Waals surface area (Å²) in [5, 5.41) is 2.85. The van der Waals surface area contributed by atoms with Crippen LogP contribution in [0.4, 0.5) is 14.9 Å². The number of anilines is 1. The van der Waals surface area contributed by atoms with Gasteiger partial charge in [-0.25, -0.2) is 14.0 Å². The highest BCUT2D eigenvalue weighted by molar-refractivity contribution is 5.98. The van der Waals surface area contributed by atoms with Gasteiger partial charge in [-0.2, -0.15) is 0 Å². The van der Waals surface area contributed by atoms with E-state index in [9.17, 15) is 18.8 Å². The van der Waals surface area contributed by atoms with Crippen LogP contribution >= 0.6 is 0 Å². The molecule has 1 saturated heterocycles. The monoisotopic (exact) mass is 568 g/mol. The van der Waals surface area contributed by atoms with Crippen molar-refractivity contribution in [3.8, 4) is 16.9 Å². The first kappa shape index (κ1) is 28.6. The predicted molar refractivity (Wildman–Crippen MR) is 160 cm³/mol. The Balaban J connectivity index is 1.29. The van der Waals surface area contributed by atoms with E-state index < -0.39 is 5.97 Å². The highest BCUT2D eigenvalue weighted by Gasteiger charge is 2.28. The maximum absolute atomic E-state index is 13.8. The van der Waals surface area contributed by atoms with Gasteiger partial charge in [0.1, 0.15) is 5.82 Å². The van der Waals surface area contributed by atoms with Gasteiger partial charge in [0.15, 0.2) is 0 Å². The van der Waals surface area contributed by atoms with Crippen molar-refractivity contribution in [2.24, 2.45) is 0 Å². The molecule has 0 bridgehead atoms. The molecule has 1 aliphatic heterocycles. The Morgan fingerprint density at radius 2 is 1.45 bits per heavy atom. The topological polar surface area (TPSA) is 83.9 Å². The minimum Gasteiger partial charge on any atom is -0.462 e. The summed E-state index contributed by atoms with van der Waals surface area (Å²) < 4.78 is 20.7. The molecule has 3 amide bonds. The number of hydrogen-bond acceptors (Lipinski definition) is 4. The number of nitrogens with zero attached hydrogens (tertiary/aromatic N) is 3. The molecule has 3 aromatic carbocycles. The molecule has 9 heteroatoms. The lowest BCUT2D eigenvalue weighted by Gasteiger charge is -2.34.